The Balaban J connectivity index is 1.71. The van der Waals surface area contributed by atoms with Crippen LogP contribution in [0.25, 0.3) is 6.08 Å². The van der Waals surface area contributed by atoms with E-state index in [1.807, 2.05) is 12.1 Å². The molecule has 0 saturated carbocycles. The Kier molecular flexibility index (Phi) is 6.82. The van der Waals surface area contributed by atoms with Crippen molar-refractivity contribution in [3.05, 3.63) is 76.9 Å². The Morgan fingerprint density at radius 1 is 1.22 bits per heavy atom. The zero-order valence-corrected chi connectivity index (χ0v) is 22.9. The van der Waals surface area contributed by atoms with Crippen LogP contribution in [0.5, 0.6) is 23.0 Å². The summed E-state index contributed by atoms with van der Waals surface area (Å²) < 4.78 is 29.9. The summed E-state index contributed by atoms with van der Waals surface area (Å²) in [4.78, 5) is 32.0. The molecule has 37 heavy (non-hydrogen) atoms. The first-order chi connectivity index (χ1) is 17.9. The summed E-state index contributed by atoms with van der Waals surface area (Å²) in [7, 11) is 3.10. The average molecular weight is 587 g/mol. The highest BCUT2D eigenvalue weighted by Gasteiger charge is 2.34. The van der Waals surface area contributed by atoms with Gasteiger partial charge in [-0.05, 0) is 71.2 Å². The van der Waals surface area contributed by atoms with Gasteiger partial charge < -0.3 is 23.7 Å². The van der Waals surface area contributed by atoms with Crippen LogP contribution in [0.2, 0.25) is 0 Å². The fourth-order valence-electron chi connectivity index (χ4n) is 4.36. The third-order valence-corrected chi connectivity index (χ3v) is 7.56. The molecule has 0 fully saturated rings. The van der Waals surface area contributed by atoms with E-state index in [1.165, 1.54) is 15.9 Å². The quantitative estimate of drug-likeness (QED) is 0.409. The summed E-state index contributed by atoms with van der Waals surface area (Å²) in [6, 6.07) is 8.25. The van der Waals surface area contributed by atoms with Crippen molar-refractivity contribution in [3.8, 4) is 23.0 Å². The molecule has 3 aromatic rings. The summed E-state index contributed by atoms with van der Waals surface area (Å²) in [5, 5.41) is 0. The van der Waals surface area contributed by atoms with Crippen LogP contribution in [0.1, 0.15) is 31.0 Å². The van der Waals surface area contributed by atoms with Crippen LogP contribution >= 0.6 is 27.3 Å². The maximum Gasteiger partial charge on any atom is 0.338 e. The van der Waals surface area contributed by atoms with Crippen molar-refractivity contribution in [3.63, 3.8) is 0 Å². The van der Waals surface area contributed by atoms with Crippen LogP contribution in [-0.4, -0.2) is 38.2 Å². The van der Waals surface area contributed by atoms with Crippen molar-refractivity contribution in [2.45, 2.75) is 19.9 Å². The number of carbonyl (C=O) groups excluding carboxylic acids is 1. The predicted octanol–water partition coefficient (Wildman–Crippen LogP) is 3.31. The first-order valence-electron chi connectivity index (χ1n) is 11.4. The number of methoxy groups -OCH3 is 2. The molecule has 0 N–H and O–H groups in total. The molecule has 2 aliphatic rings. The van der Waals surface area contributed by atoms with Crippen LogP contribution in [-0.2, 0) is 9.53 Å². The zero-order valence-electron chi connectivity index (χ0n) is 20.5. The Hall–Kier alpha value is -3.57. The minimum absolute atomic E-state index is 0.113. The van der Waals surface area contributed by atoms with Gasteiger partial charge in [0, 0.05) is 0 Å². The van der Waals surface area contributed by atoms with Gasteiger partial charge in [-0.15, -0.1) is 0 Å². The monoisotopic (exact) mass is 586 g/mol. The summed E-state index contributed by atoms with van der Waals surface area (Å²) in [6.45, 7) is 3.79. The standard InChI is InChI=1S/C26H23BrN2O7S/c1-5-34-25(31)21-13(2)28-26-29(22(21)15-6-7-17-18(11-15)36-12-35-17)24(30)20(37-26)10-14-8-16(27)23(33-4)19(9-14)32-3/h6-11,22H,5,12H2,1-4H3. The van der Waals surface area contributed by atoms with Gasteiger partial charge in [0.1, 0.15) is 0 Å². The number of rotatable bonds is 6. The van der Waals surface area contributed by atoms with Gasteiger partial charge in [0.05, 0.1) is 47.1 Å². The van der Waals surface area contributed by atoms with Crippen molar-refractivity contribution >= 4 is 39.3 Å². The largest absolute Gasteiger partial charge is 0.493 e. The molecule has 0 aliphatic carbocycles. The Morgan fingerprint density at radius 3 is 2.73 bits per heavy atom. The minimum atomic E-state index is -0.746. The molecule has 1 unspecified atom stereocenters. The van der Waals surface area contributed by atoms with Gasteiger partial charge in [-0.25, -0.2) is 9.79 Å². The van der Waals surface area contributed by atoms with Crippen LogP contribution in [0.3, 0.4) is 0 Å². The second kappa shape index (κ2) is 10.1. The molecule has 0 spiro atoms. The molecule has 9 nitrogen and oxygen atoms in total. The number of carbonyl (C=O) groups is 1. The Labute approximate surface area is 224 Å². The summed E-state index contributed by atoms with van der Waals surface area (Å²) in [6.07, 6.45) is 1.76. The van der Waals surface area contributed by atoms with Crippen LogP contribution in [0.15, 0.2) is 55.9 Å². The first kappa shape index (κ1) is 25.1. The maximum absolute atomic E-state index is 13.8. The second-order valence-corrected chi connectivity index (χ2v) is 10.0. The molecular weight excluding hydrogens is 564 g/mol. The number of benzene rings is 2. The zero-order chi connectivity index (χ0) is 26.3. The summed E-state index contributed by atoms with van der Waals surface area (Å²) >= 11 is 4.73. The lowest BCUT2D eigenvalue weighted by Gasteiger charge is -2.24. The van der Waals surface area contributed by atoms with Gasteiger partial charge in [-0.3, -0.25) is 9.36 Å². The lowest BCUT2D eigenvalue weighted by Crippen LogP contribution is -2.39. The molecule has 0 saturated heterocycles. The molecule has 0 bridgehead atoms. The van der Waals surface area contributed by atoms with E-state index >= 15 is 0 Å². The SMILES string of the molecule is CCOC(=O)C1=C(C)N=c2sc(=Cc3cc(Br)c(OC)c(OC)c3)c(=O)n2C1c1ccc2c(c1)OCO2. The van der Waals surface area contributed by atoms with E-state index in [2.05, 4.69) is 20.9 Å². The van der Waals surface area contributed by atoms with Crippen LogP contribution in [0, 0.1) is 0 Å². The van der Waals surface area contributed by atoms with E-state index in [9.17, 15) is 9.59 Å². The van der Waals surface area contributed by atoms with Gasteiger partial charge >= 0.3 is 5.97 Å². The number of hydrogen-bond acceptors (Lipinski definition) is 9. The molecule has 0 amide bonds. The van der Waals surface area contributed by atoms with E-state index in [0.29, 0.717) is 53.6 Å². The second-order valence-electron chi connectivity index (χ2n) is 8.15. The smallest absolute Gasteiger partial charge is 0.338 e. The van der Waals surface area contributed by atoms with Crippen LogP contribution < -0.4 is 33.8 Å². The molecule has 1 atom stereocenters. The van der Waals surface area contributed by atoms with Gasteiger partial charge in [0.25, 0.3) is 5.56 Å². The molecule has 1 aromatic heterocycles. The molecule has 2 aromatic carbocycles. The number of aromatic nitrogens is 1. The molecule has 5 rings (SSSR count). The number of thiazole rings is 1. The number of halogens is 1. The molecule has 2 aliphatic heterocycles. The third-order valence-electron chi connectivity index (χ3n) is 5.98. The lowest BCUT2D eigenvalue weighted by atomic mass is 9.95. The topological polar surface area (TPSA) is 97.6 Å². The first-order valence-corrected chi connectivity index (χ1v) is 13.0. The molecule has 3 heterocycles. The number of allylic oxidation sites excluding steroid dienone is 1. The lowest BCUT2D eigenvalue weighted by molar-refractivity contribution is -0.139. The minimum Gasteiger partial charge on any atom is -0.493 e. The number of fused-ring (bicyclic) bond motifs is 2. The van der Waals surface area contributed by atoms with Crippen LogP contribution in [0.4, 0.5) is 0 Å². The number of ether oxygens (including phenoxy) is 5. The highest BCUT2D eigenvalue weighted by Crippen LogP contribution is 2.39. The van der Waals surface area contributed by atoms with Gasteiger partial charge in [-0.1, -0.05) is 17.4 Å². The third kappa shape index (κ3) is 4.42. The fraction of sp³-hybridized carbons (Fsp3) is 0.269. The molecule has 192 valence electrons. The van der Waals surface area contributed by atoms with E-state index < -0.39 is 12.0 Å². The van der Waals surface area contributed by atoms with E-state index in [4.69, 9.17) is 23.7 Å². The van der Waals surface area contributed by atoms with Crippen molar-refractivity contribution < 1.29 is 28.5 Å². The normalized spacial score (nSPS) is 16.4. The maximum atomic E-state index is 13.8. The molecule has 11 heteroatoms. The number of nitrogens with zero attached hydrogens (tertiary/aromatic N) is 2. The highest BCUT2D eigenvalue weighted by atomic mass is 79.9. The predicted molar refractivity (Wildman–Crippen MR) is 140 cm³/mol. The van der Waals surface area contributed by atoms with E-state index in [-0.39, 0.29) is 19.0 Å². The Morgan fingerprint density at radius 2 is 2.00 bits per heavy atom. The van der Waals surface area contributed by atoms with E-state index in [0.717, 1.165) is 5.56 Å². The average Bonchev–Trinajstić information content (AvgIpc) is 3.46. The summed E-state index contributed by atoms with van der Waals surface area (Å²) in [5.41, 5.74) is 1.92. The molecular formula is C26H23BrN2O7S. The van der Waals surface area contributed by atoms with Gasteiger partial charge in [-0.2, -0.15) is 0 Å². The van der Waals surface area contributed by atoms with Crippen molar-refractivity contribution in [1.29, 1.82) is 0 Å². The van der Waals surface area contributed by atoms with Gasteiger partial charge in [0.2, 0.25) is 6.79 Å². The Bertz CT molecular complexity index is 1620. The van der Waals surface area contributed by atoms with Gasteiger partial charge in [0.15, 0.2) is 27.8 Å². The number of esters is 1. The summed E-state index contributed by atoms with van der Waals surface area (Å²) in [5.74, 6) is 1.71. The van der Waals surface area contributed by atoms with E-state index in [1.54, 1.807) is 52.3 Å². The number of hydrogen-bond donors (Lipinski definition) is 0. The fourth-order valence-corrected chi connectivity index (χ4v) is 6.03. The van der Waals surface area contributed by atoms with Crippen molar-refractivity contribution in [2.24, 2.45) is 4.99 Å². The molecule has 0 radical (unpaired) electrons. The van der Waals surface area contributed by atoms with Crippen molar-refractivity contribution in [2.75, 3.05) is 27.6 Å². The highest BCUT2D eigenvalue weighted by molar-refractivity contribution is 9.10. The van der Waals surface area contributed by atoms with Crippen molar-refractivity contribution in [1.82, 2.24) is 4.57 Å².